The van der Waals surface area contributed by atoms with Gasteiger partial charge in [0.05, 0.1) is 13.2 Å². The molecule has 0 saturated heterocycles. The number of amides is 1. The van der Waals surface area contributed by atoms with Gasteiger partial charge in [0, 0.05) is 11.8 Å². The summed E-state index contributed by atoms with van der Waals surface area (Å²) < 4.78 is 21.6. The molecular weight excluding hydrogens is 386 g/mol. The van der Waals surface area contributed by atoms with Crippen LogP contribution in [-0.4, -0.2) is 38.3 Å². The molecule has 0 unspecified atom stereocenters. The van der Waals surface area contributed by atoms with Crippen LogP contribution in [0.5, 0.6) is 17.2 Å². The molecule has 0 aromatic heterocycles. The Morgan fingerprint density at radius 1 is 0.867 bits per heavy atom. The molecular formula is C23H29NO6. The van der Waals surface area contributed by atoms with E-state index >= 15 is 0 Å². The number of carbonyl (C=O) groups is 2. The Labute approximate surface area is 177 Å². The summed E-state index contributed by atoms with van der Waals surface area (Å²) in [5.41, 5.74) is 1.52. The number of hydrogen-bond donors (Lipinski definition) is 1. The van der Waals surface area contributed by atoms with Crippen molar-refractivity contribution < 1.29 is 28.5 Å². The number of carbonyl (C=O) groups excluding carboxylic acids is 2. The predicted molar refractivity (Wildman–Crippen MR) is 114 cm³/mol. The first-order valence-electron chi connectivity index (χ1n) is 10.0. The Morgan fingerprint density at radius 2 is 1.57 bits per heavy atom. The number of nitrogens with one attached hydrogen (secondary N) is 1. The predicted octanol–water partition coefficient (Wildman–Crippen LogP) is 4.17. The van der Waals surface area contributed by atoms with Crippen LogP contribution in [0.25, 0.3) is 0 Å². The monoisotopic (exact) mass is 415 g/mol. The molecule has 0 bridgehead atoms. The molecule has 7 heteroatoms. The third kappa shape index (κ3) is 6.99. The first kappa shape index (κ1) is 23.1. The quantitative estimate of drug-likeness (QED) is 0.555. The average Bonchev–Trinajstić information content (AvgIpc) is 2.73. The first-order valence-corrected chi connectivity index (χ1v) is 10.0. The number of benzene rings is 2. The van der Waals surface area contributed by atoms with Crippen molar-refractivity contribution >= 4 is 17.6 Å². The van der Waals surface area contributed by atoms with Crippen LogP contribution >= 0.6 is 0 Å². The summed E-state index contributed by atoms with van der Waals surface area (Å²) >= 11 is 0. The van der Waals surface area contributed by atoms with Gasteiger partial charge >= 0.3 is 5.97 Å². The molecule has 30 heavy (non-hydrogen) atoms. The van der Waals surface area contributed by atoms with Crippen molar-refractivity contribution in [3.63, 3.8) is 0 Å². The van der Waals surface area contributed by atoms with Crippen molar-refractivity contribution in [3.05, 3.63) is 48.0 Å². The summed E-state index contributed by atoms with van der Waals surface area (Å²) in [4.78, 5) is 24.1. The zero-order valence-corrected chi connectivity index (χ0v) is 17.9. The highest BCUT2D eigenvalue weighted by Gasteiger charge is 2.13. The van der Waals surface area contributed by atoms with E-state index < -0.39 is 18.5 Å². The zero-order valence-electron chi connectivity index (χ0n) is 17.9. The Bertz CT molecular complexity index is 849. The highest BCUT2D eigenvalue weighted by Crippen LogP contribution is 2.30. The lowest BCUT2D eigenvalue weighted by Crippen LogP contribution is -2.23. The van der Waals surface area contributed by atoms with E-state index in [1.54, 1.807) is 24.3 Å². The van der Waals surface area contributed by atoms with Gasteiger partial charge < -0.3 is 24.3 Å². The Kier molecular flexibility index (Phi) is 9.00. The van der Waals surface area contributed by atoms with Gasteiger partial charge in [-0.15, -0.1) is 0 Å². The lowest BCUT2D eigenvalue weighted by Gasteiger charge is -2.14. The summed E-state index contributed by atoms with van der Waals surface area (Å²) in [6.07, 6.45) is 0. The van der Waals surface area contributed by atoms with Crippen LogP contribution in [0.3, 0.4) is 0 Å². The van der Waals surface area contributed by atoms with E-state index in [1.165, 1.54) is 0 Å². The second kappa shape index (κ2) is 11.7. The van der Waals surface area contributed by atoms with Crippen LogP contribution in [0, 0.1) is 0 Å². The van der Waals surface area contributed by atoms with Crippen LogP contribution in [-0.2, 0) is 14.3 Å². The molecule has 162 valence electrons. The molecule has 7 nitrogen and oxygen atoms in total. The van der Waals surface area contributed by atoms with Crippen molar-refractivity contribution in [2.75, 3.05) is 31.7 Å². The normalized spacial score (nSPS) is 10.4. The summed E-state index contributed by atoms with van der Waals surface area (Å²) in [6, 6.07) is 12.6. The fraction of sp³-hybridized carbons (Fsp3) is 0.391. The highest BCUT2D eigenvalue weighted by atomic mass is 16.6. The van der Waals surface area contributed by atoms with E-state index in [0.717, 1.165) is 5.56 Å². The molecule has 1 N–H and O–H groups in total. The van der Waals surface area contributed by atoms with Gasteiger partial charge in [0.15, 0.2) is 24.7 Å². The Balaban J connectivity index is 1.84. The van der Waals surface area contributed by atoms with Crippen LogP contribution in [0.1, 0.15) is 39.2 Å². The zero-order chi connectivity index (χ0) is 21.9. The molecule has 0 aliphatic carbocycles. The number of ether oxygens (including phenoxy) is 4. The van der Waals surface area contributed by atoms with E-state index in [2.05, 4.69) is 5.32 Å². The molecule has 0 aliphatic rings. The molecule has 0 atom stereocenters. The van der Waals surface area contributed by atoms with Crippen LogP contribution in [0.2, 0.25) is 0 Å². The molecule has 0 aliphatic heterocycles. The molecule has 2 aromatic carbocycles. The SMILES string of the molecule is CCOc1ccc(NC(=O)COC(=O)COc2ccccc2C(C)C)cc1OCC. The fourth-order valence-corrected chi connectivity index (χ4v) is 2.74. The lowest BCUT2D eigenvalue weighted by atomic mass is 10.0. The van der Waals surface area contributed by atoms with Gasteiger partial charge in [0.1, 0.15) is 5.75 Å². The molecule has 2 rings (SSSR count). The van der Waals surface area contributed by atoms with Crippen molar-refractivity contribution in [3.8, 4) is 17.2 Å². The number of esters is 1. The van der Waals surface area contributed by atoms with E-state index in [1.807, 2.05) is 45.9 Å². The Hall–Kier alpha value is -3.22. The van der Waals surface area contributed by atoms with Gasteiger partial charge in [0.25, 0.3) is 5.91 Å². The van der Waals surface area contributed by atoms with Crippen molar-refractivity contribution in [2.24, 2.45) is 0 Å². The van der Waals surface area contributed by atoms with Crippen LogP contribution in [0.15, 0.2) is 42.5 Å². The molecule has 0 radical (unpaired) electrons. The van der Waals surface area contributed by atoms with Crippen LogP contribution in [0.4, 0.5) is 5.69 Å². The molecule has 0 heterocycles. The summed E-state index contributed by atoms with van der Waals surface area (Å²) in [5, 5.41) is 2.67. The van der Waals surface area contributed by atoms with E-state index in [-0.39, 0.29) is 12.5 Å². The van der Waals surface area contributed by atoms with Crippen LogP contribution < -0.4 is 19.5 Å². The molecule has 0 saturated carbocycles. The average molecular weight is 415 g/mol. The Morgan fingerprint density at radius 3 is 2.27 bits per heavy atom. The first-order chi connectivity index (χ1) is 14.4. The standard InChI is InChI=1S/C23H29NO6/c1-5-27-20-12-11-17(13-21(20)28-6-2)24-22(25)14-30-23(26)15-29-19-10-8-7-9-18(19)16(3)4/h7-13,16H,5-6,14-15H2,1-4H3,(H,24,25). The third-order valence-electron chi connectivity index (χ3n) is 4.08. The minimum absolute atomic E-state index is 0.263. The number of para-hydroxylation sites is 1. The maximum Gasteiger partial charge on any atom is 0.344 e. The maximum absolute atomic E-state index is 12.1. The van der Waals surface area contributed by atoms with Gasteiger partial charge in [-0.1, -0.05) is 32.0 Å². The molecule has 0 spiro atoms. The van der Waals surface area contributed by atoms with E-state index in [4.69, 9.17) is 18.9 Å². The number of rotatable bonds is 11. The minimum Gasteiger partial charge on any atom is -0.490 e. The van der Waals surface area contributed by atoms with Gasteiger partial charge in [-0.25, -0.2) is 4.79 Å². The van der Waals surface area contributed by atoms with Gasteiger partial charge in [0.2, 0.25) is 0 Å². The van der Waals surface area contributed by atoms with E-state index in [0.29, 0.717) is 36.1 Å². The second-order valence-corrected chi connectivity index (χ2v) is 6.72. The van der Waals surface area contributed by atoms with Crippen molar-refractivity contribution in [1.82, 2.24) is 0 Å². The largest absolute Gasteiger partial charge is 0.490 e. The second-order valence-electron chi connectivity index (χ2n) is 6.72. The van der Waals surface area contributed by atoms with Crippen molar-refractivity contribution in [2.45, 2.75) is 33.6 Å². The van der Waals surface area contributed by atoms with Gasteiger partial charge in [-0.3, -0.25) is 4.79 Å². The fourth-order valence-electron chi connectivity index (χ4n) is 2.74. The summed E-state index contributed by atoms with van der Waals surface area (Å²) in [5.74, 6) is 0.947. The van der Waals surface area contributed by atoms with E-state index in [9.17, 15) is 9.59 Å². The number of anilines is 1. The minimum atomic E-state index is -0.620. The van der Waals surface area contributed by atoms with Crippen molar-refractivity contribution in [1.29, 1.82) is 0 Å². The summed E-state index contributed by atoms with van der Waals surface area (Å²) in [6.45, 7) is 8.12. The molecule has 0 fully saturated rings. The highest BCUT2D eigenvalue weighted by molar-refractivity contribution is 5.93. The maximum atomic E-state index is 12.1. The van der Waals surface area contributed by atoms with Gasteiger partial charge in [-0.05, 0) is 43.5 Å². The lowest BCUT2D eigenvalue weighted by molar-refractivity contribution is -0.149. The third-order valence-corrected chi connectivity index (χ3v) is 4.08. The molecule has 1 amide bonds. The summed E-state index contributed by atoms with van der Waals surface area (Å²) in [7, 11) is 0. The smallest absolute Gasteiger partial charge is 0.344 e. The molecule has 2 aromatic rings. The number of hydrogen-bond acceptors (Lipinski definition) is 6. The van der Waals surface area contributed by atoms with Gasteiger partial charge in [-0.2, -0.15) is 0 Å². The topological polar surface area (TPSA) is 83.1 Å².